The summed E-state index contributed by atoms with van der Waals surface area (Å²) in [5.41, 5.74) is 1.26. The molecule has 1 aromatic rings. The number of ether oxygens (including phenoxy) is 3. The Kier molecular flexibility index (Phi) is 9.14. The first kappa shape index (κ1) is 24.9. The van der Waals surface area contributed by atoms with Crippen molar-refractivity contribution >= 4 is 24.8 Å². The summed E-state index contributed by atoms with van der Waals surface area (Å²) >= 11 is 0. The molecular weight excluding hydrogens is 439 g/mol. The molecule has 2 heterocycles. The lowest BCUT2D eigenvalue weighted by Crippen LogP contribution is -2.48. The first-order valence-electron chi connectivity index (χ1n) is 11.3. The van der Waals surface area contributed by atoms with E-state index in [0.29, 0.717) is 19.9 Å². The molecule has 4 aliphatic rings. The first-order valence-corrected chi connectivity index (χ1v) is 11.3. The fraction of sp³-hybridized carbons (Fsp3) is 0.739. The van der Waals surface area contributed by atoms with Crippen molar-refractivity contribution in [1.29, 1.82) is 0 Å². The molecule has 0 radical (unpaired) electrons. The predicted molar refractivity (Wildman–Crippen MR) is 125 cm³/mol. The number of rotatable bonds is 8. The van der Waals surface area contributed by atoms with E-state index in [1.165, 1.54) is 31.2 Å². The summed E-state index contributed by atoms with van der Waals surface area (Å²) in [6.45, 7) is 7.33. The van der Waals surface area contributed by atoms with Gasteiger partial charge in [-0.25, -0.2) is 0 Å². The predicted octanol–water partition coefficient (Wildman–Crippen LogP) is 3.19. The molecule has 5 rings (SSSR count). The summed E-state index contributed by atoms with van der Waals surface area (Å²) in [4.78, 5) is 4.83. The van der Waals surface area contributed by atoms with Crippen LogP contribution in [0.15, 0.2) is 18.2 Å². The van der Waals surface area contributed by atoms with Gasteiger partial charge in [0.05, 0.1) is 12.7 Å². The quantitative estimate of drug-likeness (QED) is 0.624. The molecule has 2 aliphatic heterocycles. The zero-order chi connectivity index (χ0) is 19.6. The normalized spacial score (nSPS) is 28.2. The van der Waals surface area contributed by atoms with Gasteiger partial charge in [0.25, 0.3) is 0 Å². The molecule has 0 spiro atoms. The van der Waals surface area contributed by atoms with Crippen LogP contribution >= 0.6 is 24.8 Å². The van der Waals surface area contributed by atoms with Gasteiger partial charge < -0.3 is 19.3 Å². The van der Waals surface area contributed by atoms with Crippen LogP contribution < -0.4 is 9.47 Å². The fourth-order valence-electron chi connectivity index (χ4n) is 5.71. The van der Waals surface area contributed by atoms with Gasteiger partial charge in [-0.15, -0.1) is 24.8 Å². The monoisotopic (exact) mass is 474 g/mol. The molecule has 8 heteroatoms. The third-order valence-electron chi connectivity index (χ3n) is 7.30. The first-order chi connectivity index (χ1) is 14.2. The van der Waals surface area contributed by atoms with E-state index in [2.05, 4.69) is 21.9 Å². The van der Waals surface area contributed by atoms with E-state index in [1.54, 1.807) is 0 Å². The van der Waals surface area contributed by atoms with Crippen molar-refractivity contribution in [1.82, 2.24) is 9.80 Å². The van der Waals surface area contributed by atoms with Gasteiger partial charge in [0, 0.05) is 45.9 Å². The smallest absolute Gasteiger partial charge is 0.231 e. The molecule has 0 aromatic heterocycles. The number of β-amino-alcohol motifs (C(OH)–C–C–N with tert-alkyl or cyclic N) is 1. The van der Waals surface area contributed by atoms with Gasteiger partial charge in [0.2, 0.25) is 6.79 Å². The molecule has 2 bridgehead atoms. The molecule has 4 unspecified atom stereocenters. The van der Waals surface area contributed by atoms with Gasteiger partial charge in [0.15, 0.2) is 11.5 Å². The lowest BCUT2D eigenvalue weighted by Gasteiger charge is -2.35. The van der Waals surface area contributed by atoms with Crippen molar-refractivity contribution in [3.63, 3.8) is 0 Å². The van der Waals surface area contributed by atoms with Crippen LogP contribution in [0, 0.1) is 17.8 Å². The van der Waals surface area contributed by atoms with Crippen LogP contribution in [0.5, 0.6) is 11.5 Å². The maximum absolute atomic E-state index is 10.4. The minimum absolute atomic E-state index is 0. The molecule has 3 fully saturated rings. The second-order valence-electron chi connectivity index (χ2n) is 9.39. The van der Waals surface area contributed by atoms with E-state index in [0.717, 1.165) is 68.6 Å². The SMILES string of the molecule is Cl.Cl.OC(COCC1CC2CCC1C2)CN1CCN(Cc2ccc3c(c2)OCO3)CC1. The van der Waals surface area contributed by atoms with Crippen LogP contribution in [0.3, 0.4) is 0 Å². The highest BCUT2D eigenvalue weighted by Crippen LogP contribution is 2.48. The van der Waals surface area contributed by atoms with Crippen LogP contribution in [0.1, 0.15) is 31.2 Å². The van der Waals surface area contributed by atoms with Crippen molar-refractivity contribution in [2.75, 3.05) is 52.7 Å². The molecule has 2 aliphatic carbocycles. The van der Waals surface area contributed by atoms with Crippen molar-refractivity contribution in [2.45, 2.75) is 38.3 Å². The Labute approximate surface area is 198 Å². The summed E-state index contributed by atoms with van der Waals surface area (Å²) in [7, 11) is 0. The van der Waals surface area contributed by atoms with E-state index >= 15 is 0 Å². The van der Waals surface area contributed by atoms with Crippen LogP contribution in [-0.4, -0.2) is 73.7 Å². The lowest BCUT2D eigenvalue weighted by atomic mass is 9.90. The fourth-order valence-corrected chi connectivity index (χ4v) is 5.71. The molecule has 6 nitrogen and oxygen atoms in total. The number of benzene rings is 1. The average Bonchev–Trinajstić information content (AvgIpc) is 3.46. The van der Waals surface area contributed by atoms with E-state index in [9.17, 15) is 5.11 Å². The lowest BCUT2D eigenvalue weighted by molar-refractivity contribution is -0.00897. The standard InChI is InChI=1S/C23H34N2O4.2ClH/c26-21(15-27-14-20-10-17-1-3-19(20)9-17)13-25-7-5-24(6-8-25)12-18-2-4-22-23(11-18)29-16-28-22;;/h2,4,11,17,19-21,26H,1,3,5-10,12-16H2;2*1H. The van der Waals surface area contributed by atoms with Gasteiger partial charge in [-0.1, -0.05) is 12.5 Å². The maximum Gasteiger partial charge on any atom is 0.231 e. The van der Waals surface area contributed by atoms with E-state index in [1.807, 2.05) is 6.07 Å². The molecule has 4 atom stereocenters. The third-order valence-corrected chi connectivity index (χ3v) is 7.30. The van der Waals surface area contributed by atoms with Gasteiger partial charge >= 0.3 is 0 Å². The number of hydrogen-bond acceptors (Lipinski definition) is 6. The number of fused-ring (bicyclic) bond motifs is 3. The highest BCUT2D eigenvalue weighted by atomic mass is 35.5. The Morgan fingerprint density at radius 2 is 1.77 bits per heavy atom. The van der Waals surface area contributed by atoms with Crippen LogP contribution in [0.25, 0.3) is 0 Å². The summed E-state index contributed by atoms with van der Waals surface area (Å²) in [6, 6.07) is 6.21. The van der Waals surface area contributed by atoms with Crippen molar-refractivity contribution < 1.29 is 19.3 Å². The van der Waals surface area contributed by atoms with Gasteiger partial charge in [-0.3, -0.25) is 9.80 Å². The van der Waals surface area contributed by atoms with Crippen molar-refractivity contribution in [3.8, 4) is 11.5 Å². The van der Waals surface area contributed by atoms with Crippen LogP contribution in [0.4, 0.5) is 0 Å². The Bertz CT molecular complexity index is 702. The number of nitrogens with zero attached hydrogens (tertiary/aromatic N) is 2. The number of halogens is 2. The Balaban J connectivity index is 0.00000136. The van der Waals surface area contributed by atoms with E-state index in [4.69, 9.17) is 14.2 Å². The van der Waals surface area contributed by atoms with E-state index < -0.39 is 0 Å². The number of hydrogen-bond donors (Lipinski definition) is 1. The molecule has 0 amide bonds. The zero-order valence-electron chi connectivity index (χ0n) is 18.1. The molecule has 1 N–H and O–H groups in total. The van der Waals surface area contributed by atoms with Crippen LogP contribution in [0.2, 0.25) is 0 Å². The number of aliphatic hydroxyl groups is 1. The highest BCUT2D eigenvalue weighted by Gasteiger charge is 2.39. The summed E-state index contributed by atoms with van der Waals surface area (Å²) in [6.07, 6.45) is 5.23. The van der Waals surface area contributed by atoms with Crippen molar-refractivity contribution in [2.24, 2.45) is 17.8 Å². The van der Waals surface area contributed by atoms with Gasteiger partial charge in [0.1, 0.15) is 0 Å². The molecule has 31 heavy (non-hydrogen) atoms. The second-order valence-corrected chi connectivity index (χ2v) is 9.39. The Morgan fingerprint density at radius 3 is 2.52 bits per heavy atom. The molecule has 1 aromatic carbocycles. The third kappa shape index (κ3) is 6.18. The van der Waals surface area contributed by atoms with Gasteiger partial charge in [-0.05, 0) is 54.7 Å². The topological polar surface area (TPSA) is 54.4 Å². The zero-order valence-corrected chi connectivity index (χ0v) is 19.7. The maximum atomic E-state index is 10.4. The summed E-state index contributed by atoms with van der Waals surface area (Å²) in [5, 5.41) is 10.4. The number of piperazine rings is 1. The largest absolute Gasteiger partial charge is 0.454 e. The van der Waals surface area contributed by atoms with Crippen LogP contribution in [-0.2, 0) is 11.3 Å². The Hall–Kier alpha value is -0.760. The molecule has 176 valence electrons. The molecule has 2 saturated carbocycles. The summed E-state index contributed by atoms with van der Waals surface area (Å²) < 4.78 is 16.8. The minimum atomic E-state index is -0.381. The summed E-state index contributed by atoms with van der Waals surface area (Å²) in [5.74, 6) is 4.31. The van der Waals surface area contributed by atoms with E-state index in [-0.39, 0.29) is 30.9 Å². The highest BCUT2D eigenvalue weighted by molar-refractivity contribution is 5.85. The minimum Gasteiger partial charge on any atom is -0.454 e. The van der Waals surface area contributed by atoms with Gasteiger partial charge in [-0.2, -0.15) is 0 Å². The molecule has 1 saturated heterocycles. The number of aliphatic hydroxyl groups excluding tert-OH is 1. The average molecular weight is 475 g/mol. The second kappa shape index (κ2) is 11.4. The molecular formula is C23H36Cl2N2O4. The van der Waals surface area contributed by atoms with Crippen molar-refractivity contribution in [3.05, 3.63) is 23.8 Å². The Morgan fingerprint density at radius 1 is 1.00 bits per heavy atom.